The van der Waals surface area contributed by atoms with Crippen molar-refractivity contribution in [3.63, 3.8) is 0 Å². The van der Waals surface area contributed by atoms with Crippen LogP contribution in [0.2, 0.25) is 5.02 Å². The fourth-order valence-electron chi connectivity index (χ4n) is 3.52. The summed E-state index contributed by atoms with van der Waals surface area (Å²) in [5, 5.41) is 11.2. The van der Waals surface area contributed by atoms with Crippen molar-refractivity contribution in [3.8, 4) is 5.75 Å². The number of rotatable bonds is 7. The van der Waals surface area contributed by atoms with Gasteiger partial charge >= 0.3 is 6.36 Å². The number of halogens is 4. The molecule has 1 aromatic heterocycles. The first kappa shape index (κ1) is 21.6. The first-order chi connectivity index (χ1) is 14.7. The van der Waals surface area contributed by atoms with E-state index in [2.05, 4.69) is 26.8 Å². The topological polar surface area (TPSA) is 86.5 Å². The Morgan fingerprint density at radius 3 is 2.84 bits per heavy atom. The van der Waals surface area contributed by atoms with E-state index in [-0.39, 0.29) is 43.0 Å². The van der Waals surface area contributed by atoms with E-state index in [1.807, 2.05) is 0 Å². The number of carbonyl (C=O) groups excluding carboxylic acids is 1. The monoisotopic (exact) mass is 457 g/mol. The molecule has 2 aromatic rings. The van der Waals surface area contributed by atoms with Crippen LogP contribution in [0.1, 0.15) is 42.5 Å². The lowest BCUT2D eigenvalue weighted by atomic mass is 9.82. The maximum Gasteiger partial charge on any atom is 0.522 e. The third-order valence-electron chi connectivity index (χ3n) is 5.20. The molecule has 1 fully saturated rings. The van der Waals surface area contributed by atoms with Crippen LogP contribution in [0.15, 0.2) is 29.2 Å². The molecule has 1 aliphatic heterocycles. The van der Waals surface area contributed by atoms with Gasteiger partial charge in [0.25, 0.3) is 5.91 Å². The molecule has 1 saturated carbocycles. The molecule has 0 unspecified atom stereocenters. The number of fused-ring (bicyclic) bond motifs is 1. The molecule has 7 nitrogen and oxygen atoms in total. The molecule has 31 heavy (non-hydrogen) atoms. The zero-order valence-corrected chi connectivity index (χ0v) is 17.0. The first-order valence-corrected chi connectivity index (χ1v) is 10.0. The Bertz CT molecular complexity index is 988. The molecular formula is C20H19ClF3N3O4. The molecule has 2 heterocycles. The zero-order chi connectivity index (χ0) is 22.2. The van der Waals surface area contributed by atoms with E-state index in [4.69, 9.17) is 20.8 Å². The van der Waals surface area contributed by atoms with Crippen LogP contribution in [0.25, 0.3) is 5.57 Å². The lowest BCUT2D eigenvalue weighted by Crippen LogP contribution is -2.37. The fraction of sp³-hybridized carbons (Fsp3) is 0.450. The van der Waals surface area contributed by atoms with Gasteiger partial charge in [-0.3, -0.25) is 9.53 Å². The number of nitrogens with zero attached hydrogens (tertiary/aromatic N) is 2. The largest absolute Gasteiger partial charge is 0.522 e. The average molecular weight is 458 g/mol. The summed E-state index contributed by atoms with van der Waals surface area (Å²) >= 11 is 5.96. The predicted molar refractivity (Wildman–Crippen MR) is 103 cm³/mol. The number of ether oxygens (including phenoxy) is 2. The molecule has 0 saturated heterocycles. The molecule has 0 radical (unpaired) electrons. The Morgan fingerprint density at radius 2 is 2.10 bits per heavy atom. The van der Waals surface area contributed by atoms with Crippen LogP contribution in [0.3, 0.4) is 0 Å². The van der Waals surface area contributed by atoms with Gasteiger partial charge in [-0.2, -0.15) is 0 Å². The third kappa shape index (κ3) is 5.19. The highest BCUT2D eigenvalue weighted by Gasteiger charge is 2.42. The van der Waals surface area contributed by atoms with Crippen molar-refractivity contribution in [2.45, 2.75) is 50.2 Å². The van der Waals surface area contributed by atoms with E-state index in [0.717, 1.165) is 5.56 Å². The second-order valence-electron chi connectivity index (χ2n) is 7.51. The minimum atomic E-state index is -4.65. The van der Waals surface area contributed by atoms with Crippen molar-refractivity contribution < 1.29 is 31.9 Å². The average Bonchev–Trinajstić information content (AvgIpc) is 3.30. The standard InChI is InChI=1S/C20H19ClF3N3O4/c1-10(18-26-27-19(30-18)12-7-14(8-12)31-20(22,23)24)4-5-25-17(28)16-9-11-6-13(21)2-3-15(11)29-16/h2-3,6,12,14,16H,1,4-5,7-9H2,(H,25,28)/t12?,14?,16-/m0/s1. The van der Waals surface area contributed by atoms with E-state index in [0.29, 0.717) is 29.2 Å². The highest BCUT2D eigenvalue weighted by Crippen LogP contribution is 2.41. The van der Waals surface area contributed by atoms with E-state index >= 15 is 0 Å². The molecule has 0 bridgehead atoms. The summed E-state index contributed by atoms with van der Waals surface area (Å²) < 4.78 is 51.7. The van der Waals surface area contributed by atoms with E-state index in [1.54, 1.807) is 18.2 Å². The van der Waals surface area contributed by atoms with Crippen LogP contribution in [0.5, 0.6) is 5.75 Å². The molecule has 166 valence electrons. The summed E-state index contributed by atoms with van der Waals surface area (Å²) in [6, 6.07) is 5.22. The predicted octanol–water partition coefficient (Wildman–Crippen LogP) is 4.03. The summed E-state index contributed by atoms with van der Waals surface area (Å²) in [5.41, 5.74) is 1.40. The highest BCUT2D eigenvalue weighted by molar-refractivity contribution is 6.30. The second-order valence-corrected chi connectivity index (χ2v) is 7.94. The Morgan fingerprint density at radius 1 is 1.32 bits per heavy atom. The van der Waals surface area contributed by atoms with Crippen LogP contribution < -0.4 is 10.1 Å². The third-order valence-corrected chi connectivity index (χ3v) is 5.44. The Labute approximate surface area is 180 Å². The highest BCUT2D eigenvalue weighted by atomic mass is 35.5. The zero-order valence-electron chi connectivity index (χ0n) is 16.2. The van der Waals surface area contributed by atoms with Crippen molar-refractivity contribution >= 4 is 23.1 Å². The second kappa shape index (κ2) is 8.51. The summed E-state index contributed by atoms with van der Waals surface area (Å²) in [6.45, 7) is 4.16. The van der Waals surface area contributed by atoms with Gasteiger partial charge < -0.3 is 14.5 Å². The van der Waals surface area contributed by atoms with Crippen LogP contribution in [-0.2, 0) is 16.0 Å². The summed E-state index contributed by atoms with van der Waals surface area (Å²) in [7, 11) is 0. The fourth-order valence-corrected chi connectivity index (χ4v) is 3.71. The van der Waals surface area contributed by atoms with E-state index in [1.165, 1.54) is 0 Å². The number of benzene rings is 1. The summed E-state index contributed by atoms with van der Waals surface area (Å²) in [5.74, 6) is 0.583. The van der Waals surface area contributed by atoms with Crippen LogP contribution in [0, 0.1) is 0 Å². The number of amides is 1. The van der Waals surface area contributed by atoms with Crippen molar-refractivity contribution in [1.29, 1.82) is 0 Å². The van der Waals surface area contributed by atoms with Gasteiger partial charge in [-0.05, 0) is 43.0 Å². The number of nitrogens with one attached hydrogen (secondary N) is 1. The van der Waals surface area contributed by atoms with Crippen molar-refractivity contribution in [1.82, 2.24) is 15.5 Å². The summed E-state index contributed by atoms with van der Waals surface area (Å²) in [6.07, 6.45) is -5.02. The molecule has 1 aromatic carbocycles. The first-order valence-electron chi connectivity index (χ1n) is 9.67. The van der Waals surface area contributed by atoms with E-state index < -0.39 is 18.6 Å². The number of carbonyl (C=O) groups is 1. The van der Waals surface area contributed by atoms with Crippen molar-refractivity contribution in [2.75, 3.05) is 6.54 Å². The molecule has 4 rings (SSSR count). The van der Waals surface area contributed by atoms with Crippen LogP contribution >= 0.6 is 11.6 Å². The van der Waals surface area contributed by atoms with Gasteiger partial charge in [0.1, 0.15) is 5.75 Å². The number of hydrogen-bond acceptors (Lipinski definition) is 6. The number of alkyl halides is 3. The van der Waals surface area contributed by atoms with Gasteiger partial charge in [-0.1, -0.05) is 18.2 Å². The molecule has 0 spiro atoms. The van der Waals surface area contributed by atoms with Gasteiger partial charge in [-0.15, -0.1) is 23.4 Å². The molecular weight excluding hydrogens is 439 g/mol. The van der Waals surface area contributed by atoms with Gasteiger partial charge in [0.15, 0.2) is 6.10 Å². The Balaban J connectivity index is 1.20. The maximum atomic E-state index is 12.3. The van der Waals surface area contributed by atoms with Crippen LogP contribution in [-0.4, -0.2) is 41.2 Å². The Kier molecular flexibility index (Phi) is 5.94. The quantitative estimate of drug-likeness (QED) is 0.675. The van der Waals surface area contributed by atoms with E-state index in [9.17, 15) is 18.0 Å². The smallest absolute Gasteiger partial charge is 0.480 e. The van der Waals surface area contributed by atoms with Crippen LogP contribution in [0.4, 0.5) is 13.2 Å². The van der Waals surface area contributed by atoms with Crippen molar-refractivity contribution in [3.05, 3.63) is 47.1 Å². The minimum Gasteiger partial charge on any atom is -0.480 e. The van der Waals surface area contributed by atoms with Gasteiger partial charge in [0, 0.05) is 29.5 Å². The molecule has 2 aliphatic rings. The summed E-state index contributed by atoms with van der Waals surface area (Å²) in [4.78, 5) is 12.3. The maximum absolute atomic E-state index is 12.3. The number of aromatic nitrogens is 2. The lowest BCUT2D eigenvalue weighted by Gasteiger charge is -2.32. The lowest BCUT2D eigenvalue weighted by molar-refractivity contribution is -0.352. The molecule has 1 N–H and O–H groups in total. The molecule has 1 atom stereocenters. The van der Waals surface area contributed by atoms with Crippen molar-refractivity contribution in [2.24, 2.45) is 0 Å². The SMILES string of the molecule is C=C(CCNC(=O)[C@@H]1Cc2cc(Cl)ccc2O1)c1nnc(C2CC(OC(F)(F)F)C2)o1. The van der Waals surface area contributed by atoms with Gasteiger partial charge in [-0.25, -0.2) is 0 Å². The minimum absolute atomic E-state index is 0.165. The normalized spacial score (nSPS) is 22.4. The molecule has 1 aliphatic carbocycles. The number of hydrogen-bond donors (Lipinski definition) is 1. The Hall–Kier alpha value is -2.59. The molecule has 1 amide bonds. The van der Waals surface area contributed by atoms with Gasteiger partial charge in [0.2, 0.25) is 11.8 Å². The van der Waals surface area contributed by atoms with Gasteiger partial charge in [0.05, 0.1) is 6.10 Å². The molecule has 11 heteroatoms.